The molecule has 1 saturated carbocycles. The fourth-order valence-corrected chi connectivity index (χ4v) is 3.14. The Morgan fingerprint density at radius 2 is 2.05 bits per heavy atom. The van der Waals surface area contributed by atoms with E-state index in [2.05, 4.69) is 10.3 Å². The van der Waals surface area contributed by atoms with Crippen molar-refractivity contribution in [2.45, 2.75) is 37.6 Å². The number of aromatic nitrogens is 1. The van der Waals surface area contributed by atoms with E-state index in [1.807, 2.05) is 30.5 Å². The number of aliphatic hydroxyl groups is 1. The van der Waals surface area contributed by atoms with Crippen LogP contribution in [0.1, 0.15) is 42.5 Å². The largest absolute Gasteiger partial charge is 0.394 e. The summed E-state index contributed by atoms with van der Waals surface area (Å²) in [6.07, 6.45) is 6.87. The lowest BCUT2D eigenvalue weighted by Crippen LogP contribution is -2.52. The Hall–Kier alpha value is -1.81. The maximum absolute atomic E-state index is 12.6. The van der Waals surface area contributed by atoms with E-state index in [0.29, 0.717) is 5.56 Å². The molecule has 3 N–H and O–H groups in total. The smallest absolute Gasteiger partial charge is 0.252 e. The maximum Gasteiger partial charge on any atom is 0.252 e. The third-order valence-electron chi connectivity index (χ3n) is 4.33. The molecular formula is C16H20N2O2. The summed E-state index contributed by atoms with van der Waals surface area (Å²) >= 11 is 0. The lowest BCUT2D eigenvalue weighted by molar-refractivity contribution is 0.0760. The fourth-order valence-electron chi connectivity index (χ4n) is 3.14. The summed E-state index contributed by atoms with van der Waals surface area (Å²) in [6, 6.07) is 7.57. The number of hydrogen-bond acceptors (Lipinski definition) is 2. The summed E-state index contributed by atoms with van der Waals surface area (Å²) in [6.45, 7) is 0.0157. The molecule has 2 aromatic rings. The van der Waals surface area contributed by atoms with Crippen LogP contribution in [-0.4, -0.2) is 28.1 Å². The second kappa shape index (κ2) is 5.29. The second-order valence-corrected chi connectivity index (χ2v) is 5.70. The number of benzene rings is 1. The molecule has 20 heavy (non-hydrogen) atoms. The first kappa shape index (κ1) is 13.2. The zero-order valence-corrected chi connectivity index (χ0v) is 11.5. The molecule has 0 saturated heterocycles. The zero-order chi connectivity index (χ0) is 14.0. The molecule has 106 valence electrons. The van der Waals surface area contributed by atoms with Crippen molar-refractivity contribution < 1.29 is 9.90 Å². The predicted octanol–water partition coefficient (Wildman–Crippen LogP) is 2.59. The number of amides is 1. The van der Waals surface area contributed by atoms with E-state index in [1.54, 1.807) is 0 Å². The molecular weight excluding hydrogens is 252 g/mol. The number of aliphatic hydroxyl groups excluding tert-OH is 1. The van der Waals surface area contributed by atoms with Gasteiger partial charge in [-0.15, -0.1) is 0 Å². The van der Waals surface area contributed by atoms with Gasteiger partial charge in [0.1, 0.15) is 0 Å². The Morgan fingerprint density at radius 1 is 1.25 bits per heavy atom. The molecule has 0 unspecified atom stereocenters. The average molecular weight is 272 g/mol. The highest BCUT2D eigenvalue weighted by Crippen LogP contribution is 2.28. The van der Waals surface area contributed by atoms with Crippen LogP contribution in [0.15, 0.2) is 30.5 Å². The topological polar surface area (TPSA) is 65.1 Å². The summed E-state index contributed by atoms with van der Waals surface area (Å²) in [7, 11) is 0. The van der Waals surface area contributed by atoms with Gasteiger partial charge in [-0.1, -0.05) is 25.3 Å². The van der Waals surface area contributed by atoms with Crippen LogP contribution < -0.4 is 5.32 Å². The minimum absolute atomic E-state index is 0.0157. The molecule has 0 radical (unpaired) electrons. The van der Waals surface area contributed by atoms with Crippen LogP contribution in [0.2, 0.25) is 0 Å². The lowest BCUT2D eigenvalue weighted by atomic mass is 9.82. The van der Waals surface area contributed by atoms with Crippen molar-refractivity contribution in [2.24, 2.45) is 0 Å². The van der Waals surface area contributed by atoms with E-state index >= 15 is 0 Å². The lowest BCUT2D eigenvalue weighted by Gasteiger charge is -2.36. The average Bonchev–Trinajstić information content (AvgIpc) is 2.96. The van der Waals surface area contributed by atoms with Crippen LogP contribution in [0, 0.1) is 0 Å². The van der Waals surface area contributed by atoms with Gasteiger partial charge in [-0.3, -0.25) is 4.79 Å². The van der Waals surface area contributed by atoms with Crippen molar-refractivity contribution in [2.75, 3.05) is 6.61 Å². The van der Waals surface area contributed by atoms with Crippen LogP contribution in [0.5, 0.6) is 0 Å². The molecule has 4 nitrogen and oxygen atoms in total. The highest BCUT2D eigenvalue weighted by Gasteiger charge is 2.33. The Labute approximate surface area is 118 Å². The molecule has 1 fully saturated rings. The van der Waals surface area contributed by atoms with Gasteiger partial charge in [0, 0.05) is 22.7 Å². The SMILES string of the molecule is O=C(NC1(CO)CCCCC1)c1cccc2[nH]ccc12. The van der Waals surface area contributed by atoms with Crippen LogP contribution in [-0.2, 0) is 0 Å². The molecule has 1 aromatic heterocycles. The standard InChI is InChI=1S/C16H20N2O2/c19-11-16(8-2-1-3-9-16)18-15(20)13-5-4-6-14-12(13)7-10-17-14/h4-7,10,17,19H,1-3,8-9,11H2,(H,18,20). The summed E-state index contributed by atoms with van der Waals surface area (Å²) in [5.74, 6) is -0.0915. The molecule has 0 atom stereocenters. The number of carbonyl (C=O) groups excluding carboxylic acids is 1. The molecule has 0 aliphatic heterocycles. The normalized spacial score (nSPS) is 18.1. The van der Waals surface area contributed by atoms with Crippen LogP contribution in [0.25, 0.3) is 10.9 Å². The first-order chi connectivity index (χ1) is 9.74. The van der Waals surface area contributed by atoms with Gasteiger partial charge < -0.3 is 15.4 Å². The fraction of sp³-hybridized carbons (Fsp3) is 0.438. The molecule has 1 amide bonds. The van der Waals surface area contributed by atoms with Gasteiger partial charge in [0.2, 0.25) is 0 Å². The van der Waals surface area contributed by atoms with Crippen molar-refractivity contribution in [3.05, 3.63) is 36.0 Å². The van der Waals surface area contributed by atoms with E-state index < -0.39 is 5.54 Å². The predicted molar refractivity (Wildman–Crippen MR) is 78.7 cm³/mol. The molecule has 3 rings (SSSR count). The van der Waals surface area contributed by atoms with E-state index in [1.165, 1.54) is 6.42 Å². The Kier molecular flexibility index (Phi) is 3.49. The van der Waals surface area contributed by atoms with Crippen molar-refractivity contribution in [1.29, 1.82) is 0 Å². The summed E-state index contributed by atoms with van der Waals surface area (Å²) in [5.41, 5.74) is 1.19. The molecule has 0 bridgehead atoms. The summed E-state index contributed by atoms with van der Waals surface area (Å²) in [5, 5.41) is 13.7. The third-order valence-corrected chi connectivity index (χ3v) is 4.33. The van der Waals surface area contributed by atoms with E-state index in [-0.39, 0.29) is 12.5 Å². The number of rotatable bonds is 3. The van der Waals surface area contributed by atoms with Gasteiger partial charge in [0.15, 0.2) is 0 Å². The quantitative estimate of drug-likeness (QED) is 0.804. The van der Waals surface area contributed by atoms with Gasteiger partial charge in [-0.05, 0) is 31.0 Å². The number of aromatic amines is 1. The number of fused-ring (bicyclic) bond motifs is 1. The highest BCUT2D eigenvalue weighted by molar-refractivity contribution is 6.06. The first-order valence-corrected chi connectivity index (χ1v) is 7.24. The van der Waals surface area contributed by atoms with Crippen LogP contribution >= 0.6 is 0 Å². The number of nitrogens with one attached hydrogen (secondary N) is 2. The number of H-pyrrole nitrogens is 1. The van der Waals surface area contributed by atoms with Crippen molar-refractivity contribution in [1.82, 2.24) is 10.3 Å². The first-order valence-electron chi connectivity index (χ1n) is 7.24. The Balaban J connectivity index is 1.87. The molecule has 4 heteroatoms. The van der Waals surface area contributed by atoms with Gasteiger partial charge in [0.25, 0.3) is 5.91 Å². The van der Waals surface area contributed by atoms with Gasteiger partial charge in [0.05, 0.1) is 12.1 Å². The van der Waals surface area contributed by atoms with Gasteiger partial charge in [-0.25, -0.2) is 0 Å². The van der Waals surface area contributed by atoms with Crippen LogP contribution in [0.4, 0.5) is 0 Å². The highest BCUT2D eigenvalue weighted by atomic mass is 16.3. The molecule has 0 spiro atoms. The van der Waals surface area contributed by atoms with Gasteiger partial charge in [-0.2, -0.15) is 0 Å². The molecule has 1 heterocycles. The maximum atomic E-state index is 12.6. The third kappa shape index (κ3) is 2.31. The van der Waals surface area contributed by atoms with Crippen LogP contribution in [0.3, 0.4) is 0 Å². The van der Waals surface area contributed by atoms with Crippen molar-refractivity contribution in [3.63, 3.8) is 0 Å². The Morgan fingerprint density at radius 3 is 2.80 bits per heavy atom. The molecule has 1 aromatic carbocycles. The molecule has 1 aliphatic carbocycles. The Bertz CT molecular complexity index is 612. The van der Waals surface area contributed by atoms with E-state index in [0.717, 1.165) is 36.6 Å². The van der Waals surface area contributed by atoms with Gasteiger partial charge >= 0.3 is 0 Å². The molecule has 1 aliphatic rings. The summed E-state index contributed by atoms with van der Waals surface area (Å²) < 4.78 is 0. The number of hydrogen-bond donors (Lipinski definition) is 3. The second-order valence-electron chi connectivity index (χ2n) is 5.70. The minimum atomic E-state index is -0.437. The minimum Gasteiger partial charge on any atom is -0.394 e. The van der Waals surface area contributed by atoms with Crippen molar-refractivity contribution in [3.8, 4) is 0 Å². The summed E-state index contributed by atoms with van der Waals surface area (Å²) in [4.78, 5) is 15.7. The van der Waals surface area contributed by atoms with E-state index in [9.17, 15) is 9.90 Å². The zero-order valence-electron chi connectivity index (χ0n) is 11.5. The van der Waals surface area contributed by atoms with Crippen molar-refractivity contribution >= 4 is 16.8 Å². The monoisotopic (exact) mass is 272 g/mol. The number of carbonyl (C=O) groups is 1. The van der Waals surface area contributed by atoms with E-state index in [4.69, 9.17) is 0 Å².